The second-order valence-electron chi connectivity index (χ2n) is 7.81. The molecule has 1 unspecified atom stereocenters. The Labute approximate surface area is 212 Å². The lowest BCUT2D eigenvalue weighted by molar-refractivity contribution is 0.239. The van der Waals surface area contributed by atoms with Crippen LogP contribution in [0.2, 0.25) is 0 Å². The number of aromatic nitrogens is 3. The zero-order valence-electron chi connectivity index (χ0n) is 19.1. The molecular weight excluding hydrogens is 529 g/mol. The molecule has 1 atom stereocenters. The summed E-state index contributed by atoms with van der Waals surface area (Å²) in [6.45, 7) is 3.65. The Morgan fingerprint density at radius 2 is 1.85 bits per heavy atom. The number of likely N-dealkylation sites (tertiary alicyclic amines) is 1. The summed E-state index contributed by atoms with van der Waals surface area (Å²) < 4.78 is 7.39. The van der Waals surface area contributed by atoms with E-state index in [1.165, 1.54) is 24.7 Å². The summed E-state index contributed by atoms with van der Waals surface area (Å²) in [6, 6.07) is 16.8. The van der Waals surface area contributed by atoms with Gasteiger partial charge in [0, 0.05) is 25.7 Å². The standard InChI is InChI=1S/C24H31N7O.HI/c1-25-24(27-15-19-9-11-20(12-10-19)31-18-26-17-29-31)28-16-22(30-13-5-6-14-30)21-7-3-4-8-23(21)32-2;/h3-4,7-12,17-18,22H,5-6,13-16H2,1-2H3,(H2,25,27,28);1H. The number of methoxy groups -OCH3 is 1. The van der Waals surface area contributed by atoms with Crippen molar-refractivity contribution in [2.75, 3.05) is 33.8 Å². The molecular formula is C24H32IN7O. The summed E-state index contributed by atoms with van der Waals surface area (Å²) in [5.41, 5.74) is 3.36. The Kier molecular flexibility index (Phi) is 9.49. The van der Waals surface area contributed by atoms with Gasteiger partial charge in [-0.2, -0.15) is 5.10 Å². The zero-order valence-corrected chi connectivity index (χ0v) is 21.5. The van der Waals surface area contributed by atoms with Crippen LogP contribution in [-0.2, 0) is 6.54 Å². The van der Waals surface area contributed by atoms with Crippen LogP contribution in [-0.4, -0.2) is 59.4 Å². The number of guanidine groups is 1. The van der Waals surface area contributed by atoms with Gasteiger partial charge in [-0.05, 0) is 49.7 Å². The van der Waals surface area contributed by atoms with Crippen LogP contribution in [0.25, 0.3) is 5.69 Å². The van der Waals surface area contributed by atoms with Crippen LogP contribution in [0, 0.1) is 0 Å². The number of rotatable bonds is 8. The number of para-hydroxylation sites is 1. The molecule has 33 heavy (non-hydrogen) atoms. The van der Waals surface area contributed by atoms with Gasteiger partial charge in [0.1, 0.15) is 18.4 Å². The Morgan fingerprint density at radius 3 is 2.52 bits per heavy atom. The minimum absolute atomic E-state index is 0. The number of nitrogens with one attached hydrogen (secondary N) is 2. The van der Waals surface area contributed by atoms with Crippen molar-refractivity contribution < 1.29 is 4.74 Å². The SMILES string of the molecule is CN=C(NCc1ccc(-n2cncn2)cc1)NCC(c1ccccc1OC)N1CCCC1.I. The molecule has 176 valence electrons. The molecule has 1 fully saturated rings. The predicted molar refractivity (Wildman–Crippen MR) is 142 cm³/mol. The number of ether oxygens (including phenoxy) is 1. The first-order valence-corrected chi connectivity index (χ1v) is 11.0. The van der Waals surface area contributed by atoms with Gasteiger partial charge >= 0.3 is 0 Å². The summed E-state index contributed by atoms with van der Waals surface area (Å²) in [4.78, 5) is 10.9. The maximum atomic E-state index is 5.65. The second-order valence-corrected chi connectivity index (χ2v) is 7.81. The maximum absolute atomic E-state index is 5.65. The topological polar surface area (TPSA) is 79.6 Å². The van der Waals surface area contributed by atoms with Crippen molar-refractivity contribution in [3.63, 3.8) is 0 Å². The monoisotopic (exact) mass is 561 g/mol. The molecule has 0 aliphatic carbocycles. The first-order valence-electron chi connectivity index (χ1n) is 11.0. The number of benzene rings is 2. The quantitative estimate of drug-likeness (QED) is 0.250. The fourth-order valence-electron chi connectivity index (χ4n) is 4.14. The summed E-state index contributed by atoms with van der Waals surface area (Å²) in [5, 5.41) is 11.1. The molecule has 9 heteroatoms. The Morgan fingerprint density at radius 1 is 1.09 bits per heavy atom. The molecule has 1 saturated heterocycles. The Bertz CT molecular complexity index is 1000. The maximum Gasteiger partial charge on any atom is 0.191 e. The van der Waals surface area contributed by atoms with Gasteiger partial charge in [0.2, 0.25) is 0 Å². The third-order valence-corrected chi connectivity index (χ3v) is 5.85. The van der Waals surface area contributed by atoms with Gasteiger partial charge in [-0.25, -0.2) is 9.67 Å². The molecule has 0 amide bonds. The van der Waals surface area contributed by atoms with Gasteiger partial charge in [0.05, 0.1) is 18.8 Å². The number of hydrogen-bond acceptors (Lipinski definition) is 5. The highest BCUT2D eigenvalue weighted by atomic mass is 127. The van der Waals surface area contributed by atoms with Crippen molar-refractivity contribution in [3.05, 3.63) is 72.3 Å². The minimum atomic E-state index is 0. The van der Waals surface area contributed by atoms with Crippen molar-refractivity contribution >= 4 is 29.9 Å². The molecule has 2 aromatic carbocycles. The van der Waals surface area contributed by atoms with Gasteiger partial charge in [-0.1, -0.05) is 30.3 Å². The number of halogens is 1. The molecule has 1 aliphatic heterocycles. The summed E-state index contributed by atoms with van der Waals surface area (Å²) in [6.07, 6.45) is 5.70. The molecule has 0 saturated carbocycles. The van der Waals surface area contributed by atoms with Crippen LogP contribution < -0.4 is 15.4 Å². The molecule has 0 bridgehead atoms. The minimum Gasteiger partial charge on any atom is -0.496 e. The van der Waals surface area contributed by atoms with Crippen LogP contribution >= 0.6 is 24.0 Å². The average Bonchev–Trinajstić information content (AvgIpc) is 3.57. The van der Waals surface area contributed by atoms with Gasteiger partial charge in [-0.15, -0.1) is 24.0 Å². The summed E-state index contributed by atoms with van der Waals surface area (Å²) in [7, 11) is 3.54. The van der Waals surface area contributed by atoms with Gasteiger partial charge in [-0.3, -0.25) is 9.89 Å². The van der Waals surface area contributed by atoms with E-state index in [1.807, 2.05) is 24.3 Å². The van der Waals surface area contributed by atoms with E-state index in [0.717, 1.165) is 42.6 Å². The highest BCUT2D eigenvalue weighted by Crippen LogP contribution is 2.31. The van der Waals surface area contributed by atoms with Crippen LogP contribution in [0.1, 0.15) is 30.0 Å². The first-order chi connectivity index (χ1) is 15.8. The molecule has 1 aromatic heterocycles. The van der Waals surface area contributed by atoms with Crippen LogP contribution in [0.3, 0.4) is 0 Å². The smallest absolute Gasteiger partial charge is 0.191 e. The van der Waals surface area contributed by atoms with Crippen LogP contribution in [0.4, 0.5) is 0 Å². The van der Waals surface area contributed by atoms with Crippen LogP contribution in [0.5, 0.6) is 5.75 Å². The molecule has 2 heterocycles. The van der Waals surface area contributed by atoms with Crippen molar-refractivity contribution in [3.8, 4) is 11.4 Å². The second kappa shape index (κ2) is 12.5. The van der Waals surface area contributed by atoms with Gasteiger partial charge in [0.15, 0.2) is 5.96 Å². The first kappa shape index (κ1) is 25.0. The van der Waals surface area contributed by atoms with E-state index in [0.29, 0.717) is 6.54 Å². The molecule has 3 aromatic rings. The molecule has 2 N–H and O–H groups in total. The normalized spacial score (nSPS) is 15.0. The third kappa shape index (κ3) is 6.44. The zero-order chi connectivity index (χ0) is 22.2. The lowest BCUT2D eigenvalue weighted by Gasteiger charge is -2.30. The Balaban J connectivity index is 0.00000306. The largest absolute Gasteiger partial charge is 0.496 e. The fraction of sp³-hybridized carbons (Fsp3) is 0.375. The fourth-order valence-corrected chi connectivity index (χ4v) is 4.14. The van der Waals surface area contributed by atoms with Crippen LogP contribution in [0.15, 0.2) is 66.2 Å². The lowest BCUT2D eigenvalue weighted by Crippen LogP contribution is -2.42. The number of nitrogens with zero attached hydrogens (tertiary/aromatic N) is 5. The van der Waals surface area contributed by atoms with E-state index in [4.69, 9.17) is 4.74 Å². The molecule has 0 spiro atoms. The van der Waals surface area contributed by atoms with E-state index in [1.54, 1.807) is 25.2 Å². The molecule has 8 nitrogen and oxygen atoms in total. The Hall–Kier alpha value is -2.66. The predicted octanol–water partition coefficient (Wildman–Crippen LogP) is 3.40. The molecule has 0 radical (unpaired) electrons. The average molecular weight is 561 g/mol. The van der Waals surface area contributed by atoms with Gasteiger partial charge in [0.25, 0.3) is 0 Å². The number of aliphatic imine (C=N–C) groups is 1. The van der Waals surface area contributed by atoms with E-state index in [9.17, 15) is 0 Å². The van der Waals surface area contributed by atoms with Crippen molar-refractivity contribution in [1.82, 2.24) is 30.3 Å². The molecule has 4 rings (SSSR count). The van der Waals surface area contributed by atoms with Crippen molar-refractivity contribution in [1.29, 1.82) is 0 Å². The third-order valence-electron chi connectivity index (χ3n) is 5.85. The van der Waals surface area contributed by atoms with E-state index in [2.05, 4.69) is 54.9 Å². The molecule has 1 aliphatic rings. The van der Waals surface area contributed by atoms with E-state index in [-0.39, 0.29) is 30.0 Å². The van der Waals surface area contributed by atoms with Gasteiger partial charge < -0.3 is 15.4 Å². The summed E-state index contributed by atoms with van der Waals surface area (Å²) in [5.74, 6) is 1.71. The lowest BCUT2D eigenvalue weighted by atomic mass is 10.0. The summed E-state index contributed by atoms with van der Waals surface area (Å²) >= 11 is 0. The number of hydrogen-bond donors (Lipinski definition) is 2. The highest BCUT2D eigenvalue weighted by Gasteiger charge is 2.26. The van der Waals surface area contributed by atoms with Crippen molar-refractivity contribution in [2.24, 2.45) is 4.99 Å². The van der Waals surface area contributed by atoms with Crippen molar-refractivity contribution in [2.45, 2.75) is 25.4 Å². The van der Waals surface area contributed by atoms with E-state index < -0.39 is 0 Å². The van der Waals surface area contributed by atoms with E-state index >= 15 is 0 Å². The highest BCUT2D eigenvalue weighted by molar-refractivity contribution is 14.0.